The van der Waals surface area contributed by atoms with E-state index in [1.807, 2.05) is 0 Å². The van der Waals surface area contributed by atoms with Gasteiger partial charge in [0.25, 0.3) is 0 Å². The fourth-order valence-corrected chi connectivity index (χ4v) is 2.66. The van der Waals surface area contributed by atoms with Crippen LogP contribution in [0.2, 0.25) is 0 Å². The first kappa shape index (κ1) is 15.0. The van der Waals surface area contributed by atoms with Gasteiger partial charge in [-0.05, 0) is 31.6 Å². The van der Waals surface area contributed by atoms with Gasteiger partial charge in [-0.3, -0.25) is 0 Å². The molecule has 0 bridgehead atoms. The summed E-state index contributed by atoms with van der Waals surface area (Å²) in [5, 5.41) is 4.12. The highest BCUT2D eigenvalue weighted by molar-refractivity contribution is 5.89. The summed E-state index contributed by atoms with van der Waals surface area (Å²) >= 11 is 0. The molecule has 0 heterocycles. The molecule has 0 saturated heterocycles. The monoisotopic (exact) mass is 253 g/mol. The van der Waals surface area contributed by atoms with Crippen molar-refractivity contribution in [2.75, 3.05) is 0 Å². The molecule has 1 unspecified atom stereocenters. The van der Waals surface area contributed by atoms with E-state index in [1.54, 1.807) is 0 Å². The summed E-state index contributed by atoms with van der Waals surface area (Å²) in [5.41, 5.74) is 8.53. The molecule has 4 heteroatoms. The summed E-state index contributed by atoms with van der Waals surface area (Å²) in [5.74, 6) is 0.572. The lowest BCUT2D eigenvalue weighted by Crippen LogP contribution is -2.26. The first-order valence-corrected chi connectivity index (χ1v) is 7.36. The lowest BCUT2D eigenvalue weighted by Gasteiger charge is -2.10. The molecule has 1 saturated carbocycles. The lowest BCUT2D eigenvalue weighted by molar-refractivity contribution is 0.249. The number of nitrogens with zero attached hydrogens (tertiary/aromatic N) is 1. The number of carbonyl (C=O) groups is 1. The Kier molecular flexibility index (Phi) is 7.46. The zero-order valence-corrected chi connectivity index (χ0v) is 11.6. The molecule has 4 nitrogen and oxygen atoms in total. The number of unbranched alkanes of at least 4 members (excludes halogenated alkanes) is 5. The predicted molar refractivity (Wildman–Crippen MR) is 75.5 cm³/mol. The minimum absolute atomic E-state index is 0.562. The highest BCUT2D eigenvalue weighted by atomic mass is 16.2. The number of rotatable bonds is 8. The number of hydrazone groups is 1. The molecular formula is C14H27N3O. The summed E-state index contributed by atoms with van der Waals surface area (Å²) in [6.07, 6.45) is 12.6. The van der Waals surface area contributed by atoms with Gasteiger partial charge in [0.1, 0.15) is 0 Å². The predicted octanol–water partition coefficient (Wildman–Crippen LogP) is 3.56. The molecule has 2 amide bonds. The van der Waals surface area contributed by atoms with Crippen molar-refractivity contribution in [2.24, 2.45) is 16.8 Å². The van der Waals surface area contributed by atoms with Gasteiger partial charge in [0, 0.05) is 5.71 Å². The number of nitrogens with two attached hydrogens (primary N) is 1. The van der Waals surface area contributed by atoms with Gasteiger partial charge in [-0.2, -0.15) is 5.10 Å². The van der Waals surface area contributed by atoms with Crippen LogP contribution in [-0.4, -0.2) is 11.7 Å². The molecular weight excluding hydrogens is 226 g/mol. The molecule has 3 N–H and O–H groups in total. The Bertz CT molecular complexity index is 276. The SMILES string of the molecule is CCCCCCCCC1CCC/C1=N\NC(N)=O. The third-order valence-corrected chi connectivity index (χ3v) is 3.67. The summed E-state index contributed by atoms with van der Waals surface area (Å²) in [7, 11) is 0. The van der Waals surface area contributed by atoms with Crippen molar-refractivity contribution in [3.8, 4) is 0 Å². The van der Waals surface area contributed by atoms with Crippen LogP contribution in [0, 0.1) is 5.92 Å². The number of hydrogen-bond donors (Lipinski definition) is 2. The van der Waals surface area contributed by atoms with E-state index in [0.717, 1.165) is 12.1 Å². The molecule has 0 aromatic carbocycles. The molecule has 1 fully saturated rings. The van der Waals surface area contributed by atoms with Crippen LogP contribution in [0.1, 0.15) is 71.1 Å². The first-order valence-electron chi connectivity index (χ1n) is 7.36. The van der Waals surface area contributed by atoms with Crippen molar-refractivity contribution < 1.29 is 4.79 Å². The van der Waals surface area contributed by atoms with E-state index in [4.69, 9.17) is 5.73 Å². The van der Waals surface area contributed by atoms with E-state index >= 15 is 0 Å². The number of hydrogen-bond acceptors (Lipinski definition) is 2. The number of primary amides is 1. The molecule has 1 aliphatic carbocycles. The highest BCUT2D eigenvalue weighted by Crippen LogP contribution is 2.27. The maximum Gasteiger partial charge on any atom is 0.332 e. The topological polar surface area (TPSA) is 67.5 Å². The molecule has 1 aliphatic rings. The van der Waals surface area contributed by atoms with Crippen LogP contribution in [0.15, 0.2) is 5.10 Å². The lowest BCUT2D eigenvalue weighted by atomic mass is 9.98. The third kappa shape index (κ3) is 6.03. The normalized spacial score (nSPS) is 21.4. The van der Waals surface area contributed by atoms with Gasteiger partial charge in [-0.15, -0.1) is 0 Å². The zero-order valence-electron chi connectivity index (χ0n) is 11.6. The van der Waals surface area contributed by atoms with E-state index in [9.17, 15) is 4.79 Å². The Balaban J connectivity index is 2.16. The summed E-state index contributed by atoms with van der Waals surface area (Å²) in [4.78, 5) is 10.6. The largest absolute Gasteiger partial charge is 0.350 e. The molecule has 104 valence electrons. The van der Waals surface area contributed by atoms with E-state index in [1.165, 1.54) is 57.8 Å². The first-order chi connectivity index (χ1) is 8.74. The minimum atomic E-state index is -0.562. The Labute approximate surface area is 110 Å². The number of urea groups is 1. The Hall–Kier alpha value is -1.06. The third-order valence-electron chi connectivity index (χ3n) is 3.67. The van der Waals surface area contributed by atoms with Gasteiger partial charge in [0.05, 0.1) is 0 Å². The van der Waals surface area contributed by atoms with Crippen molar-refractivity contribution in [3.63, 3.8) is 0 Å². The van der Waals surface area contributed by atoms with Gasteiger partial charge < -0.3 is 5.73 Å². The number of nitrogens with one attached hydrogen (secondary N) is 1. The van der Waals surface area contributed by atoms with Crippen molar-refractivity contribution >= 4 is 11.7 Å². The van der Waals surface area contributed by atoms with Gasteiger partial charge >= 0.3 is 6.03 Å². The number of amides is 2. The standard InChI is InChI=1S/C14H27N3O/c1-2-3-4-5-6-7-9-12-10-8-11-13(12)16-17-14(15)18/h12H,2-11H2,1H3,(H3,15,17,18)/b16-13+. The van der Waals surface area contributed by atoms with Crippen molar-refractivity contribution in [1.82, 2.24) is 5.43 Å². The fourth-order valence-electron chi connectivity index (χ4n) is 2.66. The average Bonchev–Trinajstić information content (AvgIpc) is 2.78. The fraction of sp³-hybridized carbons (Fsp3) is 0.857. The zero-order chi connectivity index (χ0) is 13.2. The Morgan fingerprint density at radius 2 is 2.06 bits per heavy atom. The molecule has 0 aromatic heterocycles. The Morgan fingerprint density at radius 3 is 2.78 bits per heavy atom. The highest BCUT2D eigenvalue weighted by Gasteiger charge is 2.22. The second-order valence-corrected chi connectivity index (χ2v) is 5.22. The molecule has 0 aliphatic heterocycles. The van der Waals surface area contributed by atoms with Crippen LogP contribution in [0.4, 0.5) is 4.79 Å². The Morgan fingerprint density at radius 1 is 1.33 bits per heavy atom. The van der Waals surface area contributed by atoms with Crippen molar-refractivity contribution in [2.45, 2.75) is 71.1 Å². The summed E-state index contributed by atoms with van der Waals surface area (Å²) < 4.78 is 0. The maximum atomic E-state index is 10.6. The van der Waals surface area contributed by atoms with Gasteiger partial charge in [0.2, 0.25) is 0 Å². The molecule has 0 radical (unpaired) electrons. The minimum Gasteiger partial charge on any atom is -0.350 e. The molecule has 18 heavy (non-hydrogen) atoms. The quantitative estimate of drug-likeness (QED) is 0.504. The van der Waals surface area contributed by atoms with E-state index < -0.39 is 6.03 Å². The summed E-state index contributed by atoms with van der Waals surface area (Å²) in [6.45, 7) is 2.24. The van der Waals surface area contributed by atoms with E-state index in [0.29, 0.717) is 5.92 Å². The van der Waals surface area contributed by atoms with Crippen molar-refractivity contribution in [1.29, 1.82) is 0 Å². The summed E-state index contributed by atoms with van der Waals surface area (Å²) in [6, 6.07) is -0.562. The smallest absolute Gasteiger partial charge is 0.332 e. The average molecular weight is 253 g/mol. The van der Waals surface area contributed by atoms with Gasteiger partial charge in [-0.1, -0.05) is 45.4 Å². The van der Waals surface area contributed by atoms with E-state index in [2.05, 4.69) is 17.5 Å². The number of carbonyl (C=O) groups excluding carboxylic acids is 1. The van der Waals surface area contributed by atoms with Crippen LogP contribution in [0.25, 0.3) is 0 Å². The van der Waals surface area contributed by atoms with Crippen LogP contribution in [0.5, 0.6) is 0 Å². The second kappa shape index (κ2) is 8.95. The molecule has 1 rings (SSSR count). The van der Waals surface area contributed by atoms with Gasteiger partial charge in [-0.25, -0.2) is 10.2 Å². The molecule has 0 aromatic rings. The molecule has 1 atom stereocenters. The van der Waals surface area contributed by atoms with Gasteiger partial charge in [0.15, 0.2) is 0 Å². The van der Waals surface area contributed by atoms with Crippen LogP contribution < -0.4 is 11.2 Å². The molecule has 0 spiro atoms. The maximum absolute atomic E-state index is 10.6. The van der Waals surface area contributed by atoms with Crippen LogP contribution in [0.3, 0.4) is 0 Å². The van der Waals surface area contributed by atoms with Crippen molar-refractivity contribution in [3.05, 3.63) is 0 Å². The van der Waals surface area contributed by atoms with Crippen LogP contribution >= 0.6 is 0 Å². The van der Waals surface area contributed by atoms with E-state index in [-0.39, 0.29) is 0 Å². The second-order valence-electron chi connectivity index (χ2n) is 5.22. The van der Waals surface area contributed by atoms with Crippen LogP contribution in [-0.2, 0) is 0 Å².